The fourth-order valence-corrected chi connectivity index (χ4v) is 4.84. The van der Waals surface area contributed by atoms with Gasteiger partial charge in [0, 0.05) is 30.8 Å². The molecule has 3 aromatic rings. The Morgan fingerprint density at radius 2 is 2.29 bits per heavy atom. The second kappa shape index (κ2) is 6.31. The lowest BCUT2D eigenvalue weighted by Crippen LogP contribution is -2.50. The number of aromatic nitrogens is 3. The van der Waals surface area contributed by atoms with Gasteiger partial charge in [-0.25, -0.2) is 4.39 Å². The van der Waals surface area contributed by atoms with Crippen molar-refractivity contribution < 1.29 is 18.3 Å². The maximum atomic E-state index is 14.9. The normalized spacial score (nSPS) is 24.7. The number of thiophene rings is 1. The summed E-state index contributed by atoms with van der Waals surface area (Å²) in [7, 11) is 0. The minimum Gasteiger partial charge on any atom is -0.377 e. The number of pyridine rings is 1. The molecule has 146 valence electrons. The van der Waals surface area contributed by atoms with Gasteiger partial charge in [0.05, 0.1) is 47.4 Å². The molecule has 1 amide bonds. The van der Waals surface area contributed by atoms with Crippen molar-refractivity contribution in [2.75, 3.05) is 19.8 Å². The number of ether oxygens (including phenoxy) is 1. The van der Waals surface area contributed by atoms with Crippen LogP contribution in [0, 0.1) is 5.13 Å². The van der Waals surface area contributed by atoms with Crippen LogP contribution in [0.3, 0.4) is 0 Å². The first-order chi connectivity index (χ1) is 13.4. The van der Waals surface area contributed by atoms with E-state index in [1.165, 1.54) is 6.07 Å². The molecule has 1 unspecified atom stereocenters. The number of hydrogen-bond acceptors (Lipinski definition) is 5. The summed E-state index contributed by atoms with van der Waals surface area (Å²) in [5.74, 6) is -0.516. The smallest absolute Gasteiger partial charge is 0.263 e. The average Bonchev–Trinajstić information content (AvgIpc) is 3.38. The lowest BCUT2D eigenvalue weighted by molar-refractivity contribution is -0.146. The van der Waals surface area contributed by atoms with E-state index in [-0.39, 0.29) is 37.4 Å². The highest BCUT2D eigenvalue weighted by molar-refractivity contribution is 7.18. The number of amides is 1. The Bertz CT molecular complexity index is 1070. The maximum absolute atomic E-state index is 14.9. The second-order valence-corrected chi connectivity index (χ2v) is 8.39. The zero-order valence-electron chi connectivity index (χ0n) is 15.2. The Balaban J connectivity index is 1.49. The van der Waals surface area contributed by atoms with Crippen molar-refractivity contribution in [3.63, 3.8) is 0 Å². The number of fused-ring (bicyclic) bond motifs is 2. The molecule has 2 aliphatic heterocycles. The largest absolute Gasteiger partial charge is 0.377 e. The molecule has 6 nitrogen and oxygen atoms in total. The molecule has 0 N–H and O–H groups in total. The molecule has 28 heavy (non-hydrogen) atoms. The Morgan fingerprint density at radius 3 is 3.07 bits per heavy atom. The van der Waals surface area contributed by atoms with Gasteiger partial charge in [0.25, 0.3) is 5.91 Å². The molecule has 0 spiro atoms. The number of alkyl halides is 1. The standard InChI is InChI=1S/C19H18F2N4O2S/c1-11-8-24(18(26)19(21)3-5-27-10-19)9-12-6-14(23-25(11)12)13-2-4-22-15-7-16(20)28-17(13)15/h2,4,6-7,11H,3,5,8-10H2,1H3/t11-,19?/m0/s1. The van der Waals surface area contributed by atoms with Crippen molar-refractivity contribution in [2.24, 2.45) is 0 Å². The predicted molar refractivity (Wildman–Crippen MR) is 100 cm³/mol. The summed E-state index contributed by atoms with van der Waals surface area (Å²) in [4.78, 5) is 18.5. The van der Waals surface area contributed by atoms with E-state index in [0.29, 0.717) is 17.8 Å². The van der Waals surface area contributed by atoms with Crippen LogP contribution in [0.4, 0.5) is 8.78 Å². The summed E-state index contributed by atoms with van der Waals surface area (Å²) in [5, 5.41) is 4.39. The van der Waals surface area contributed by atoms with Gasteiger partial charge in [0.1, 0.15) is 0 Å². The lowest BCUT2D eigenvalue weighted by Gasteiger charge is -2.35. The second-order valence-electron chi connectivity index (χ2n) is 7.39. The van der Waals surface area contributed by atoms with Crippen LogP contribution < -0.4 is 0 Å². The minimum absolute atomic E-state index is 0.0928. The first kappa shape index (κ1) is 17.7. The number of halogens is 2. The highest BCUT2D eigenvalue weighted by Gasteiger charge is 2.46. The van der Waals surface area contributed by atoms with Crippen LogP contribution in [0.1, 0.15) is 25.1 Å². The van der Waals surface area contributed by atoms with Crippen LogP contribution in [0.25, 0.3) is 21.5 Å². The summed E-state index contributed by atoms with van der Waals surface area (Å²) >= 11 is 1.04. The van der Waals surface area contributed by atoms with Crippen molar-refractivity contribution in [3.05, 3.63) is 35.2 Å². The van der Waals surface area contributed by atoms with E-state index >= 15 is 0 Å². The summed E-state index contributed by atoms with van der Waals surface area (Å²) < 4.78 is 36.3. The minimum atomic E-state index is -1.93. The number of carbonyl (C=O) groups is 1. The van der Waals surface area contributed by atoms with Gasteiger partial charge in [0.15, 0.2) is 5.13 Å². The van der Waals surface area contributed by atoms with E-state index in [4.69, 9.17) is 4.74 Å². The number of nitrogens with zero attached hydrogens (tertiary/aromatic N) is 4. The predicted octanol–water partition coefficient (Wildman–Crippen LogP) is 3.33. The third-order valence-electron chi connectivity index (χ3n) is 5.37. The van der Waals surface area contributed by atoms with E-state index in [0.717, 1.165) is 27.3 Å². The van der Waals surface area contributed by atoms with Gasteiger partial charge in [-0.3, -0.25) is 14.5 Å². The number of hydrogen-bond donors (Lipinski definition) is 0. The molecule has 1 fully saturated rings. The summed E-state index contributed by atoms with van der Waals surface area (Å²) in [6, 6.07) is 5.02. The van der Waals surface area contributed by atoms with Crippen molar-refractivity contribution in [1.29, 1.82) is 0 Å². The molecular formula is C19H18F2N4O2S. The van der Waals surface area contributed by atoms with E-state index in [1.54, 1.807) is 11.1 Å². The van der Waals surface area contributed by atoms with Crippen LogP contribution in [0.5, 0.6) is 0 Å². The maximum Gasteiger partial charge on any atom is 0.263 e. The van der Waals surface area contributed by atoms with E-state index in [2.05, 4.69) is 10.1 Å². The molecule has 1 saturated heterocycles. The summed E-state index contributed by atoms with van der Waals surface area (Å²) in [6.07, 6.45) is 1.73. The Labute approximate surface area is 163 Å². The van der Waals surface area contributed by atoms with E-state index in [1.807, 2.05) is 23.7 Å². The van der Waals surface area contributed by atoms with Crippen LogP contribution in [0.2, 0.25) is 0 Å². The molecule has 9 heteroatoms. The van der Waals surface area contributed by atoms with Crippen molar-refractivity contribution in [1.82, 2.24) is 19.7 Å². The number of rotatable bonds is 2. The highest BCUT2D eigenvalue weighted by atomic mass is 32.1. The molecule has 0 aliphatic carbocycles. The van der Waals surface area contributed by atoms with Gasteiger partial charge in [-0.15, -0.1) is 11.3 Å². The molecule has 0 aromatic carbocycles. The zero-order valence-corrected chi connectivity index (χ0v) is 16.0. The molecule has 0 saturated carbocycles. The van der Waals surface area contributed by atoms with Crippen molar-refractivity contribution in [3.8, 4) is 11.3 Å². The fraction of sp³-hybridized carbons (Fsp3) is 0.421. The van der Waals surface area contributed by atoms with Gasteiger partial charge in [-0.2, -0.15) is 9.49 Å². The quantitative estimate of drug-likeness (QED) is 0.657. The first-order valence-corrected chi connectivity index (χ1v) is 9.95. The Morgan fingerprint density at radius 1 is 1.43 bits per heavy atom. The molecular weight excluding hydrogens is 386 g/mol. The third kappa shape index (κ3) is 2.72. The van der Waals surface area contributed by atoms with Gasteiger partial charge >= 0.3 is 0 Å². The molecule has 5 heterocycles. The highest BCUT2D eigenvalue weighted by Crippen LogP contribution is 2.35. The zero-order chi connectivity index (χ0) is 19.5. The molecule has 0 bridgehead atoms. The van der Waals surface area contributed by atoms with Gasteiger partial charge in [0.2, 0.25) is 5.67 Å². The Kier molecular flexibility index (Phi) is 3.99. The lowest BCUT2D eigenvalue weighted by atomic mass is 10.0. The average molecular weight is 404 g/mol. The van der Waals surface area contributed by atoms with E-state index in [9.17, 15) is 13.6 Å². The van der Waals surface area contributed by atoms with Gasteiger partial charge in [-0.1, -0.05) is 0 Å². The SMILES string of the molecule is C[C@H]1CN(C(=O)C2(F)CCOC2)Cc2cc(-c3ccnc4cc(F)sc34)nn21. The van der Waals surface area contributed by atoms with Crippen molar-refractivity contribution in [2.45, 2.75) is 31.6 Å². The van der Waals surface area contributed by atoms with Crippen LogP contribution in [-0.2, 0) is 16.1 Å². The molecule has 0 radical (unpaired) electrons. The van der Waals surface area contributed by atoms with Crippen LogP contribution in [0.15, 0.2) is 24.4 Å². The van der Waals surface area contributed by atoms with E-state index < -0.39 is 11.6 Å². The summed E-state index contributed by atoms with van der Waals surface area (Å²) in [6.45, 7) is 2.71. The topological polar surface area (TPSA) is 60.3 Å². The Hall–Kier alpha value is -2.39. The molecule has 3 aromatic heterocycles. The summed E-state index contributed by atoms with van der Waals surface area (Å²) in [5.41, 5.74) is 0.987. The first-order valence-electron chi connectivity index (χ1n) is 9.13. The molecule has 5 rings (SSSR count). The van der Waals surface area contributed by atoms with Crippen LogP contribution >= 0.6 is 11.3 Å². The van der Waals surface area contributed by atoms with Gasteiger partial charge in [-0.05, 0) is 19.1 Å². The fourth-order valence-electron chi connectivity index (χ4n) is 3.98. The molecule has 2 atom stereocenters. The molecule has 2 aliphatic rings. The van der Waals surface area contributed by atoms with Crippen molar-refractivity contribution >= 4 is 27.5 Å². The monoisotopic (exact) mass is 404 g/mol. The van der Waals surface area contributed by atoms with Crippen LogP contribution in [-0.4, -0.2) is 51.0 Å². The third-order valence-corrected chi connectivity index (χ3v) is 6.32. The number of carbonyl (C=O) groups excluding carboxylic acids is 1. The van der Waals surface area contributed by atoms with Gasteiger partial charge < -0.3 is 9.64 Å².